The Hall–Kier alpha value is -1.42. The zero-order valence-electron chi connectivity index (χ0n) is 14.7. The van der Waals surface area contributed by atoms with Crippen LogP contribution >= 0.6 is 0 Å². The quantitative estimate of drug-likeness (QED) is 0.321. The number of aliphatic hydroxyl groups excluding tert-OH is 6. The van der Waals surface area contributed by atoms with Crippen molar-refractivity contribution in [2.75, 3.05) is 19.8 Å². The minimum absolute atomic E-state index is 0.183. The van der Waals surface area contributed by atoms with E-state index in [9.17, 15) is 25.5 Å². The molecule has 0 aliphatic heterocycles. The van der Waals surface area contributed by atoms with Crippen molar-refractivity contribution in [2.24, 2.45) is 0 Å². The Kier molecular flexibility index (Phi) is 8.57. The van der Waals surface area contributed by atoms with Gasteiger partial charge in [-0.2, -0.15) is 0 Å². The van der Waals surface area contributed by atoms with Gasteiger partial charge in [0.1, 0.15) is 30.5 Å². The molecule has 5 atom stereocenters. The summed E-state index contributed by atoms with van der Waals surface area (Å²) >= 11 is 0. The Bertz CT molecular complexity index is 536. The molecule has 1 unspecified atom stereocenters. The highest BCUT2D eigenvalue weighted by atomic mass is 16.5. The molecule has 1 aromatic carbocycles. The lowest BCUT2D eigenvalue weighted by Crippen LogP contribution is -2.47. The molecular weight excluding hydrogens is 332 g/mol. The largest absolute Gasteiger partial charge is 0.490 e. The second kappa shape index (κ2) is 9.91. The molecule has 8 nitrogen and oxygen atoms in total. The second-order valence-corrected chi connectivity index (χ2v) is 5.71. The van der Waals surface area contributed by atoms with E-state index in [1.165, 1.54) is 0 Å². The molecule has 0 amide bonds. The van der Waals surface area contributed by atoms with E-state index in [1.807, 2.05) is 0 Å². The summed E-state index contributed by atoms with van der Waals surface area (Å²) < 4.78 is 11.0. The summed E-state index contributed by atoms with van der Waals surface area (Å²) in [6, 6.07) is 3.29. The molecule has 1 aromatic rings. The molecule has 0 bridgehead atoms. The van der Waals surface area contributed by atoms with Gasteiger partial charge in [0.05, 0.1) is 19.8 Å². The van der Waals surface area contributed by atoms with Gasteiger partial charge in [0.25, 0.3) is 0 Å². The van der Waals surface area contributed by atoms with Crippen LogP contribution in [0.2, 0.25) is 0 Å². The predicted molar refractivity (Wildman–Crippen MR) is 89.6 cm³/mol. The first-order chi connectivity index (χ1) is 11.8. The third-order valence-corrected chi connectivity index (χ3v) is 3.74. The normalized spacial score (nSPS) is 17.5. The summed E-state index contributed by atoms with van der Waals surface area (Å²) in [4.78, 5) is 0. The highest BCUT2D eigenvalue weighted by molar-refractivity contribution is 5.50. The highest BCUT2D eigenvalue weighted by Crippen LogP contribution is 2.38. The SMILES string of the molecule is CCOc1cc(C)cc(C(O)[C@H](O)[C@@H](O)[C@H](O)[C@H](O)CO)c1OCC. The van der Waals surface area contributed by atoms with Crippen LogP contribution in [0.1, 0.15) is 31.1 Å². The van der Waals surface area contributed by atoms with Crippen molar-refractivity contribution >= 4 is 0 Å². The minimum Gasteiger partial charge on any atom is -0.490 e. The van der Waals surface area contributed by atoms with Crippen LogP contribution in [-0.2, 0) is 0 Å². The van der Waals surface area contributed by atoms with E-state index < -0.39 is 37.1 Å². The average Bonchev–Trinajstić information content (AvgIpc) is 2.60. The van der Waals surface area contributed by atoms with Crippen molar-refractivity contribution in [3.63, 3.8) is 0 Å². The Labute approximate surface area is 146 Å². The van der Waals surface area contributed by atoms with Crippen molar-refractivity contribution in [3.8, 4) is 11.5 Å². The van der Waals surface area contributed by atoms with Crippen LogP contribution < -0.4 is 9.47 Å². The molecule has 0 aromatic heterocycles. The number of rotatable bonds is 10. The van der Waals surface area contributed by atoms with E-state index in [0.29, 0.717) is 12.4 Å². The van der Waals surface area contributed by atoms with Gasteiger partial charge in [-0.05, 0) is 38.5 Å². The minimum atomic E-state index is -1.89. The zero-order valence-corrected chi connectivity index (χ0v) is 14.7. The maximum absolute atomic E-state index is 10.5. The average molecular weight is 360 g/mol. The molecule has 144 valence electrons. The molecule has 0 radical (unpaired) electrons. The number of aryl methyl sites for hydroxylation is 1. The maximum atomic E-state index is 10.5. The Morgan fingerprint density at radius 2 is 1.48 bits per heavy atom. The summed E-state index contributed by atoms with van der Waals surface area (Å²) in [6.45, 7) is 5.16. The van der Waals surface area contributed by atoms with Gasteiger partial charge in [-0.15, -0.1) is 0 Å². The standard InChI is InChI=1S/C17H28O8/c1-4-24-12-7-9(3)6-10(17(12)25-5-2)13(20)15(22)16(23)14(21)11(19)8-18/h6-7,11,13-16,18-23H,4-5,8H2,1-3H3/t11-,13?,14-,15+,16+/m1/s1. The molecule has 0 heterocycles. The number of benzene rings is 1. The molecule has 25 heavy (non-hydrogen) atoms. The molecule has 0 aliphatic carbocycles. The van der Waals surface area contributed by atoms with Gasteiger partial charge >= 0.3 is 0 Å². The van der Waals surface area contributed by atoms with Crippen molar-refractivity contribution in [3.05, 3.63) is 23.3 Å². The molecular formula is C17H28O8. The first-order valence-corrected chi connectivity index (χ1v) is 8.19. The van der Waals surface area contributed by atoms with Gasteiger partial charge in [0.15, 0.2) is 11.5 Å². The number of hydrogen-bond acceptors (Lipinski definition) is 8. The van der Waals surface area contributed by atoms with Crippen LogP contribution in [0.25, 0.3) is 0 Å². The lowest BCUT2D eigenvalue weighted by atomic mass is 9.93. The van der Waals surface area contributed by atoms with Crippen molar-refractivity contribution in [1.29, 1.82) is 0 Å². The van der Waals surface area contributed by atoms with Crippen LogP contribution in [0.4, 0.5) is 0 Å². The summed E-state index contributed by atoms with van der Waals surface area (Å²) in [6.07, 6.45) is -8.81. The Morgan fingerprint density at radius 1 is 0.880 bits per heavy atom. The van der Waals surface area contributed by atoms with Crippen molar-refractivity contribution in [1.82, 2.24) is 0 Å². The van der Waals surface area contributed by atoms with E-state index >= 15 is 0 Å². The van der Waals surface area contributed by atoms with Gasteiger partial charge in [-0.25, -0.2) is 0 Å². The molecule has 0 fully saturated rings. The van der Waals surface area contributed by atoms with Crippen LogP contribution in [-0.4, -0.2) is 74.9 Å². The first-order valence-electron chi connectivity index (χ1n) is 8.19. The Balaban J connectivity index is 3.20. The monoisotopic (exact) mass is 360 g/mol. The summed E-state index contributed by atoms with van der Waals surface area (Å²) in [7, 11) is 0. The van der Waals surface area contributed by atoms with E-state index in [4.69, 9.17) is 14.6 Å². The molecule has 0 aliphatic rings. The lowest BCUT2D eigenvalue weighted by molar-refractivity contribution is -0.141. The molecule has 0 saturated heterocycles. The van der Waals surface area contributed by atoms with Crippen LogP contribution in [0, 0.1) is 6.92 Å². The molecule has 1 rings (SSSR count). The van der Waals surface area contributed by atoms with Gasteiger partial charge in [-0.3, -0.25) is 0 Å². The van der Waals surface area contributed by atoms with E-state index in [-0.39, 0.29) is 17.9 Å². The fraction of sp³-hybridized carbons (Fsp3) is 0.647. The van der Waals surface area contributed by atoms with Crippen LogP contribution in [0.3, 0.4) is 0 Å². The van der Waals surface area contributed by atoms with E-state index in [0.717, 1.165) is 5.56 Å². The van der Waals surface area contributed by atoms with E-state index in [2.05, 4.69) is 0 Å². The smallest absolute Gasteiger partial charge is 0.167 e. The third-order valence-electron chi connectivity index (χ3n) is 3.74. The van der Waals surface area contributed by atoms with Gasteiger partial charge < -0.3 is 40.1 Å². The summed E-state index contributed by atoms with van der Waals surface area (Å²) in [5.74, 6) is 0.613. The van der Waals surface area contributed by atoms with Gasteiger partial charge in [-0.1, -0.05) is 0 Å². The zero-order chi connectivity index (χ0) is 19.1. The number of ether oxygens (including phenoxy) is 2. The molecule has 8 heteroatoms. The summed E-state index contributed by atoms with van der Waals surface area (Å²) in [5.41, 5.74) is 0.918. The topological polar surface area (TPSA) is 140 Å². The highest BCUT2D eigenvalue weighted by Gasteiger charge is 2.36. The fourth-order valence-electron chi connectivity index (χ4n) is 2.46. The van der Waals surface area contributed by atoms with Gasteiger partial charge in [0.2, 0.25) is 0 Å². The summed E-state index contributed by atoms with van der Waals surface area (Å²) in [5, 5.41) is 58.6. The van der Waals surface area contributed by atoms with Crippen LogP contribution in [0.15, 0.2) is 12.1 Å². The lowest BCUT2D eigenvalue weighted by Gasteiger charge is -2.29. The first kappa shape index (κ1) is 21.6. The van der Waals surface area contributed by atoms with Gasteiger partial charge in [0, 0.05) is 5.56 Å². The predicted octanol–water partition coefficient (Wildman–Crippen LogP) is -0.738. The van der Waals surface area contributed by atoms with Crippen molar-refractivity contribution in [2.45, 2.75) is 51.3 Å². The molecule has 0 spiro atoms. The second-order valence-electron chi connectivity index (χ2n) is 5.71. The number of hydrogen-bond donors (Lipinski definition) is 6. The Morgan fingerprint density at radius 3 is 2.00 bits per heavy atom. The van der Waals surface area contributed by atoms with E-state index in [1.54, 1.807) is 32.9 Å². The fourth-order valence-corrected chi connectivity index (χ4v) is 2.46. The number of aliphatic hydroxyl groups is 6. The third kappa shape index (κ3) is 5.27. The molecule has 6 N–H and O–H groups in total. The molecule has 0 saturated carbocycles. The maximum Gasteiger partial charge on any atom is 0.167 e. The van der Waals surface area contributed by atoms with Crippen LogP contribution in [0.5, 0.6) is 11.5 Å². The van der Waals surface area contributed by atoms with Crippen molar-refractivity contribution < 1.29 is 40.1 Å².